The van der Waals surface area contributed by atoms with Crippen molar-refractivity contribution in [1.29, 1.82) is 0 Å². The largest absolute Gasteiger partial charge is 0.481 e. The number of fused-ring (bicyclic) bond motifs is 1. The van der Waals surface area contributed by atoms with E-state index in [1.54, 1.807) is 0 Å². The van der Waals surface area contributed by atoms with Gasteiger partial charge in [-0.2, -0.15) is 0 Å². The number of hydrogen-bond donors (Lipinski definition) is 2. The lowest BCUT2D eigenvalue weighted by atomic mass is 10.1. The molecule has 0 aromatic rings. The van der Waals surface area contributed by atoms with Crippen molar-refractivity contribution in [2.75, 3.05) is 13.2 Å². The van der Waals surface area contributed by atoms with Crippen molar-refractivity contribution >= 4 is 23.9 Å². The molecule has 2 aliphatic rings. The van der Waals surface area contributed by atoms with Gasteiger partial charge in [0.15, 0.2) is 12.2 Å². The minimum atomic E-state index is -1.10. The first-order valence-corrected chi connectivity index (χ1v) is 7.42. The Kier molecular flexibility index (Phi) is 6.10. The van der Waals surface area contributed by atoms with Crippen LogP contribution in [0.4, 0.5) is 0 Å². The molecule has 2 saturated heterocycles. The second-order valence-corrected chi connectivity index (χ2v) is 5.44. The first-order valence-electron chi connectivity index (χ1n) is 7.42. The maximum absolute atomic E-state index is 11.6. The molecule has 2 aliphatic heterocycles. The quantitative estimate of drug-likeness (QED) is 0.543. The minimum absolute atomic E-state index is 0.0529. The molecule has 0 spiro atoms. The molecule has 10 heteroatoms. The van der Waals surface area contributed by atoms with Crippen LogP contribution in [0.5, 0.6) is 0 Å². The van der Waals surface area contributed by atoms with Crippen LogP contribution in [0.2, 0.25) is 0 Å². The van der Waals surface area contributed by atoms with E-state index in [1.165, 1.54) is 0 Å². The first kappa shape index (κ1) is 18.1. The molecule has 0 aromatic carbocycles. The minimum Gasteiger partial charge on any atom is -0.481 e. The number of carbonyl (C=O) groups is 4. The maximum Gasteiger partial charge on any atom is 0.306 e. The van der Waals surface area contributed by atoms with E-state index < -0.39 is 48.3 Å². The highest BCUT2D eigenvalue weighted by Gasteiger charge is 2.51. The molecule has 2 fully saturated rings. The molecular weight excluding hydrogens is 328 g/mol. The van der Waals surface area contributed by atoms with Gasteiger partial charge in [0, 0.05) is 0 Å². The highest BCUT2D eigenvalue weighted by Crippen LogP contribution is 2.31. The molecule has 134 valence electrons. The van der Waals surface area contributed by atoms with Gasteiger partial charge in [0.05, 0.1) is 38.9 Å². The molecule has 0 bridgehead atoms. The lowest BCUT2D eigenvalue weighted by Gasteiger charge is -2.17. The van der Waals surface area contributed by atoms with Crippen LogP contribution in [0.1, 0.15) is 25.7 Å². The van der Waals surface area contributed by atoms with Gasteiger partial charge in [-0.05, 0) is 0 Å². The third kappa shape index (κ3) is 4.90. The number of esters is 2. The molecule has 2 N–H and O–H groups in total. The summed E-state index contributed by atoms with van der Waals surface area (Å²) in [6.45, 7) is 0.106. The number of carboxylic acid groups (broad SMARTS) is 2. The predicted octanol–water partition coefficient (Wildman–Crippen LogP) is -0.663. The molecule has 24 heavy (non-hydrogen) atoms. The van der Waals surface area contributed by atoms with Crippen LogP contribution >= 0.6 is 0 Å². The second-order valence-electron chi connectivity index (χ2n) is 5.44. The number of aliphatic carboxylic acids is 2. The Hall–Kier alpha value is -2.20. The number of rotatable bonds is 8. The summed E-state index contributed by atoms with van der Waals surface area (Å²) >= 11 is 0. The summed E-state index contributed by atoms with van der Waals surface area (Å²) in [5.74, 6) is -3.54. The summed E-state index contributed by atoms with van der Waals surface area (Å²) in [4.78, 5) is 44.0. The summed E-state index contributed by atoms with van der Waals surface area (Å²) in [5, 5.41) is 17.1. The van der Waals surface area contributed by atoms with E-state index in [0.717, 1.165) is 0 Å². The molecule has 0 saturated carbocycles. The molecule has 0 aromatic heterocycles. The van der Waals surface area contributed by atoms with Crippen molar-refractivity contribution in [2.45, 2.75) is 50.1 Å². The fraction of sp³-hybridized carbons (Fsp3) is 0.714. The van der Waals surface area contributed by atoms with Gasteiger partial charge in [0.25, 0.3) is 0 Å². The van der Waals surface area contributed by atoms with Crippen LogP contribution in [-0.4, -0.2) is 71.7 Å². The second kappa shape index (κ2) is 8.06. The number of carboxylic acids is 2. The molecule has 2 heterocycles. The van der Waals surface area contributed by atoms with E-state index in [1.807, 2.05) is 0 Å². The Morgan fingerprint density at radius 2 is 1.12 bits per heavy atom. The van der Waals surface area contributed by atoms with Gasteiger partial charge in [-0.3, -0.25) is 19.2 Å². The third-order valence-electron chi connectivity index (χ3n) is 3.61. The number of carbonyl (C=O) groups excluding carboxylic acids is 2. The summed E-state index contributed by atoms with van der Waals surface area (Å²) in [6, 6.07) is 0. The van der Waals surface area contributed by atoms with Gasteiger partial charge >= 0.3 is 23.9 Å². The van der Waals surface area contributed by atoms with Crippen molar-refractivity contribution in [2.24, 2.45) is 0 Å². The van der Waals surface area contributed by atoms with Crippen molar-refractivity contribution in [3.05, 3.63) is 0 Å². The molecule has 1 unspecified atom stereocenters. The summed E-state index contributed by atoms with van der Waals surface area (Å²) < 4.78 is 21.2. The molecule has 4 atom stereocenters. The Morgan fingerprint density at radius 1 is 0.750 bits per heavy atom. The molecule has 0 aliphatic carbocycles. The van der Waals surface area contributed by atoms with Gasteiger partial charge in [-0.25, -0.2) is 0 Å². The highest BCUT2D eigenvalue weighted by atomic mass is 16.7. The van der Waals surface area contributed by atoms with E-state index in [9.17, 15) is 19.2 Å². The Bertz CT molecular complexity index is 470. The van der Waals surface area contributed by atoms with Gasteiger partial charge in [-0.15, -0.1) is 0 Å². The van der Waals surface area contributed by atoms with Crippen LogP contribution in [0, 0.1) is 0 Å². The molecule has 0 amide bonds. The predicted molar refractivity (Wildman–Crippen MR) is 73.0 cm³/mol. The zero-order valence-electron chi connectivity index (χ0n) is 12.7. The number of hydrogen-bond acceptors (Lipinski definition) is 8. The van der Waals surface area contributed by atoms with Gasteiger partial charge in [-0.1, -0.05) is 0 Å². The summed E-state index contributed by atoms with van der Waals surface area (Å²) in [5.41, 5.74) is 0. The van der Waals surface area contributed by atoms with Crippen LogP contribution in [0.25, 0.3) is 0 Å². The molecule has 10 nitrogen and oxygen atoms in total. The van der Waals surface area contributed by atoms with E-state index in [4.69, 9.17) is 29.2 Å². The normalized spacial score (nSPS) is 28.2. The van der Waals surface area contributed by atoms with E-state index >= 15 is 0 Å². The Balaban J connectivity index is 1.78. The smallest absolute Gasteiger partial charge is 0.306 e. The average Bonchev–Trinajstić information content (AvgIpc) is 3.07. The fourth-order valence-electron chi connectivity index (χ4n) is 2.50. The van der Waals surface area contributed by atoms with Gasteiger partial charge in [0.2, 0.25) is 0 Å². The third-order valence-corrected chi connectivity index (χ3v) is 3.61. The van der Waals surface area contributed by atoms with Crippen molar-refractivity contribution in [3.63, 3.8) is 0 Å². The van der Waals surface area contributed by atoms with E-state index in [-0.39, 0.29) is 38.9 Å². The monoisotopic (exact) mass is 346 g/mol. The van der Waals surface area contributed by atoms with Gasteiger partial charge in [0.1, 0.15) is 12.2 Å². The lowest BCUT2D eigenvalue weighted by molar-refractivity contribution is -0.157. The Labute approximate surface area is 136 Å². The zero-order chi connectivity index (χ0) is 17.7. The average molecular weight is 346 g/mol. The van der Waals surface area contributed by atoms with Crippen LogP contribution < -0.4 is 0 Å². The van der Waals surface area contributed by atoms with Gasteiger partial charge < -0.3 is 29.2 Å². The topological polar surface area (TPSA) is 146 Å². The van der Waals surface area contributed by atoms with Crippen molar-refractivity contribution in [3.8, 4) is 0 Å². The van der Waals surface area contributed by atoms with Crippen molar-refractivity contribution < 1.29 is 48.3 Å². The first-order chi connectivity index (χ1) is 11.4. The summed E-state index contributed by atoms with van der Waals surface area (Å²) in [7, 11) is 0. The van der Waals surface area contributed by atoms with Crippen LogP contribution in [-0.2, 0) is 38.1 Å². The summed E-state index contributed by atoms with van der Waals surface area (Å²) in [6.07, 6.45) is -3.76. The van der Waals surface area contributed by atoms with Crippen LogP contribution in [0.3, 0.4) is 0 Å². The molecular formula is C14H18O10. The Morgan fingerprint density at radius 3 is 1.46 bits per heavy atom. The number of ether oxygens (including phenoxy) is 4. The maximum atomic E-state index is 11.6. The van der Waals surface area contributed by atoms with Crippen molar-refractivity contribution in [1.82, 2.24) is 0 Å². The zero-order valence-corrected chi connectivity index (χ0v) is 12.7. The van der Waals surface area contributed by atoms with E-state index in [2.05, 4.69) is 0 Å². The van der Waals surface area contributed by atoms with Crippen LogP contribution in [0.15, 0.2) is 0 Å². The molecule has 0 radical (unpaired) electrons. The highest BCUT2D eigenvalue weighted by molar-refractivity contribution is 5.77. The lowest BCUT2D eigenvalue weighted by Crippen LogP contribution is -2.36. The standard InChI is InChI=1S/C14H18O10/c15-9(16)1-3-11(19)23-7-5-21-14-8(6-22-13(7)14)24-12(20)4-2-10(17)18/h7-8,13-14H,1-6H2,(H,15,16)(H,17,18)/t7-,8?,13+,14+/m0/s1. The SMILES string of the molecule is O=C(O)CCC(=O)OC1CO[C@@H]2[C@@H](OC(=O)CCC(=O)O)CO[C@H]12. The fourth-order valence-corrected chi connectivity index (χ4v) is 2.50. The van der Waals surface area contributed by atoms with E-state index in [0.29, 0.717) is 0 Å². The molecule has 2 rings (SSSR count).